The van der Waals surface area contributed by atoms with Crippen LogP contribution in [-0.2, 0) is 9.59 Å². The molecule has 1 aromatic rings. The number of hydrogen-bond acceptors (Lipinski definition) is 4. The van der Waals surface area contributed by atoms with E-state index in [1.165, 1.54) is 4.90 Å². The third kappa shape index (κ3) is 3.31. The molecule has 0 fully saturated rings. The summed E-state index contributed by atoms with van der Waals surface area (Å²) in [6.07, 6.45) is 0. The van der Waals surface area contributed by atoms with Gasteiger partial charge >= 0.3 is 5.97 Å². The largest absolute Gasteiger partial charge is 0.480 e. The topological polar surface area (TPSA) is 98.3 Å². The molecule has 0 saturated heterocycles. The molecular weight excluding hydrogens is 248 g/mol. The molecule has 0 aliphatic carbocycles. The fourth-order valence-electron chi connectivity index (χ4n) is 1.49. The molecule has 0 unspecified atom stereocenters. The molecule has 1 rings (SSSR count). The molecule has 0 atom stereocenters. The number of likely N-dealkylation sites (N-methyl/N-ethyl adjacent to an activating group) is 1. The van der Waals surface area contributed by atoms with Crippen LogP contribution in [0.4, 0.5) is 5.69 Å². The summed E-state index contributed by atoms with van der Waals surface area (Å²) < 4.78 is 0. The number of hydrogen-bond donors (Lipinski definition) is 3. The minimum absolute atomic E-state index is 0.0106. The minimum atomic E-state index is -1.10. The van der Waals surface area contributed by atoms with Crippen molar-refractivity contribution < 1.29 is 14.7 Å². The molecule has 1 amide bonds. The van der Waals surface area contributed by atoms with E-state index in [1.807, 2.05) is 0 Å². The Kier molecular flexibility index (Phi) is 4.31. The van der Waals surface area contributed by atoms with Crippen molar-refractivity contribution in [2.45, 2.75) is 33.2 Å². The number of carboxylic acids is 1. The molecule has 0 aliphatic rings. The predicted molar refractivity (Wildman–Crippen MR) is 71.0 cm³/mol. The third-order valence-electron chi connectivity index (χ3n) is 3.25. The maximum absolute atomic E-state index is 11.9. The van der Waals surface area contributed by atoms with Gasteiger partial charge in [0.05, 0.1) is 23.6 Å². The fraction of sp³-hybridized carbons (Fsp3) is 0.583. The average molecular weight is 268 g/mol. The van der Waals surface area contributed by atoms with E-state index in [0.717, 1.165) is 5.69 Å². The smallest absolute Gasteiger partial charge is 0.323 e. The average Bonchev–Trinajstić information content (AvgIpc) is 2.60. The minimum Gasteiger partial charge on any atom is -0.480 e. The van der Waals surface area contributed by atoms with Crippen molar-refractivity contribution in [3.8, 4) is 0 Å². The Morgan fingerprint density at radius 2 is 2.00 bits per heavy atom. The number of carboxylic acid groups (broad SMARTS) is 1. The van der Waals surface area contributed by atoms with Gasteiger partial charge in [-0.2, -0.15) is 5.10 Å². The van der Waals surface area contributed by atoms with Crippen molar-refractivity contribution in [1.82, 2.24) is 15.1 Å². The second-order valence-corrected chi connectivity index (χ2v) is 5.08. The van der Waals surface area contributed by atoms with Crippen LogP contribution in [0.25, 0.3) is 0 Å². The van der Waals surface area contributed by atoms with Crippen molar-refractivity contribution in [3.63, 3.8) is 0 Å². The Bertz CT molecular complexity index is 474. The van der Waals surface area contributed by atoms with Crippen LogP contribution in [0.3, 0.4) is 0 Å². The van der Waals surface area contributed by atoms with Crippen LogP contribution in [0.1, 0.15) is 25.2 Å². The number of nitrogens with one attached hydrogen (secondary N) is 2. The van der Waals surface area contributed by atoms with Crippen molar-refractivity contribution >= 4 is 17.6 Å². The molecule has 1 aromatic heterocycles. The Hall–Kier alpha value is -1.89. The van der Waals surface area contributed by atoms with Crippen molar-refractivity contribution in [2.75, 3.05) is 18.9 Å². The van der Waals surface area contributed by atoms with Gasteiger partial charge in [-0.15, -0.1) is 0 Å². The maximum Gasteiger partial charge on any atom is 0.323 e. The van der Waals surface area contributed by atoms with Gasteiger partial charge < -0.3 is 10.4 Å². The van der Waals surface area contributed by atoms with Gasteiger partial charge in [0.25, 0.3) is 0 Å². The first-order valence-corrected chi connectivity index (χ1v) is 5.92. The molecule has 0 aromatic carbocycles. The van der Waals surface area contributed by atoms with Gasteiger partial charge in [-0.05, 0) is 34.7 Å². The van der Waals surface area contributed by atoms with Crippen molar-refractivity contribution in [3.05, 3.63) is 11.4 Å². The quantitative estimate of drug-likeness (QED) is 0.732. The lowest BCUT2D eigenvalue weighted by Gasteiger charge is -2.30. The summed E-state index contributed by atoms with van der Waals surface area (Å²) >= 11 is 0. The lowest BCUT2D eigenvalue weighted by Crippen LogP contribution is -2.50. The van der Waals surface area contributed by atoms with E-state index >= 15 is 0 Å². The second kappa shape index (κ2) is 5.40. The number of aromatic nitrogens is 2. The summed E-state index contributed by atoms with van der Waals surface area (Å²) in [5.41, 5.74) is 1.01. The van der Waals surface area contributed by atoms with E-state index in [9.17, 15) is 9.59 Å². The van der Waals surface area contributed by atoms with Gasteiger partial charge in [0, 0.05) is 0 Å². The fourth-order valence-corrected chi connectivity index (χ4v) is 1.49. The molecule has 1 heterocycles. The Morgan fingerprint density at radius 1 is 1.42 bits per heavy atom. The zero-order valence-electron chi connectivity index (χ0n) is 11.9. The van der Waals surface area contributed by atoms with Gasteiger partial charge in [-0.3, -0.25) is 19.6 Å². The predicted octanol–water partition coefficient (Wildman–Crippen LogP) is 0.760. The number of carbonyl (C=O) groups excluding carboxylic acids is 1. The summed E-state index contributed by atoms with van der Waals surface area (Å²) in [4.78, 5) is 24.5. The summed E-state index contributed by atoms with van der Waals surface area (Å²) in [7, 11) is 1.60. The SMILES string of the molecule is Cc1n[nH]c(C)c1NC(=O)CN(C)C(C)(C)C(=O)O. The molecule has 7 heteroatoms. The van der Waals surface area contributed by atoms with Crippen LogP contribution in [0.5, 0.6) is 0 Å². The molecule has 106 valence electrons. The van der Waals surface area contributed by atoms with Crippen molar-refractivity contribution in [1.29, 1.82) is 0 Å². The monoisotopic (exact) mass is 268 g/mol. The zero-order valence-corrected chi connectivity index (χ0v) is 11.9. The van der Waals surface area contributed by atoms with Gasteiger partial charge in [0.1, 0.15) is 5.54 Å². The van der Waals surface area contributed by atoms with Crippen LogP contribution < -0.4 is 5.32 Å². The zero-order chi connectivity index (χ0) is 14.8. The summed E-state index contributed by atoms with van der Waals surface area (Å²) in [6.45, 7) is 6.68. The number of anilines is 1. The van der Waals surface area contributed by atoms with Gasteiger partial charge in [0.2, 0.25) is 5.91 Å². The van der Waals surface area contributed by atoms with Crippen LogP contribution in [-0.4, -0.2) is 51.2 Å². The van der Waals surface area contributed by atoms with E-state index in [-0.39, 0.29) is 12.5 Å². The highest BCUT2D eigenvalue weighted by molar-refractivity contribution is 5.93. The molecule has 0 radical (unpaired) electrons. The molecule has 19 heavy (non-hydrogen) atoms. The second-order valence-electron chi connectivity index (χ2n) is 5.08. The normalized spacial score (nSPS) is 11.7. The molecular formula is C12H20N4O3. The van der Waals surface area contributed by atoms with Crippen LogP contribution >= 0.6 is 0 Å². The summed E-state index contributed by atoms with van der Waals surface area (Å²) in [6, 6.07) is 0. The van der Waals surface area contributed by atoms with Gasteiger partial charge in [-0.25, -0.2) is 0 Å². The highest BCUT2D eigenvalue weighted by atomic mass is 16.4. The summed E-state index contributed by atoms with van der Waals surface area (Å²) in [5.74, 6) is -1.25. The standard InChI is InChI=1S/C12H20N4O3/c1-7-10(8(2)15-14-7)13-9(17)6-16(5)12(3,4)11(18)19/h6H2,1-5H3,(H,13,17)(H,14,15)(H,18,19). The first-order chi connectivity index (χ1) is 8.66. The van der Waals surface area contributed by atoms with E-state index < -0.39 is 11.5 Å². The molecule has 0 saturated carbocycles. The number of aliphatic carboxylic acids is 1. The number of H-pyrrole nitrogens is 1. The Morgan fingerprint density at radius 3 is 2.42 bits per heavy atom. The third-order valence-corrected chi connectivity index (χ3v) is 3.25. The molecule has 7 nitrogen and oxygen atoms in total. The first-order valence-electron chi connectivity index (χ1n) is 5.92. The number of aryl methyl sites for hydroxylation is 2. The number of rotatable bonds is 5. The van der Waals surface area contributed by atoms with Gasteiger partial charge in [0.15, 0.2) is 0 Å². The van der Waals surface area contributed by atoms with E-state index in [2.05, 4.69) is 15.5 Å². The van der Waals surface area contributed by atoms with Crippen LogP contribution in [0.2, 0.25) is 0 Å². The highest BCUT2D eigenvalue weighted by Crippen LogP contribution is 2.17. The molecule has 0 spiro atoms. The number of carbonyl (C=O) groups is 2. The van der Waals surface area contributed by atoms with E-state index in [0.29, 0.717) is 11.4 Å². The van der Waals surface area contributed by atoms with E-state index in [1.54, 1.807) is 34.7 Å². The number of nitrogens with zero attached hydrogens (tertiary/aromatic N) is 2. The lowest BCUT2D eigenvalue weighted by atomic mass is 10.0. The lowest BCUT2D eigenvalue weighted by molar-refractivity contribution is -0.148. The molecule has 0 aliphatic heterocycles. The number of amides is 1. The highest BCUT2D eigenvalue weighted by Gasteiger charge is 2.33. The summed E-state index contributed by atoms with van der Waals surface area (Å²) in [5, 5.41) is 18.6. The molecule has 0 bridgehead atoms. The van der Waals surface area contributed by atoms with Crippen molar-refractivity contribution in [2.24, 2.45) is 0 Å². The van der Waals surface area contributed by atoms with E-state index in [4.69, 9.17) is 5.11 Å². The Labute approximate surface area is 112 Å². The van der Waals surface area contributed by atoms with Gasteiger partial charge in [-0.1, -0.05) is 0 Å². The van der Waals surface area contributed by atoms with Crippen LogP contribution in [0.15, 0.2) is 0 Å². The number of aromatic amines is 1. The first kappa shape index (κ1) is 15.2. The maximum atomic E-state index is 11.9. The Balaban J connectivity index is 2.69. The molecule has 3 N–H and O–H groups in total. The van der Waals surface area contributed by atoms with Crippen LogP contribution in [0, 0.1) is 13.8 Å².